The van der Waals surface area contributed by atoms with E-state index in [1.807, 2.05) is 54.6 Å². The minimum atomic E-state index is 0.0997. The zero-order valence-corrected chi connectivity index (χ0v) is 26.3. The van der Waals surface area contributed by atoms with Crippen LogP contribution in [0.15, 0.2) is 66.7 Å². The number of aromatic amines is 1. The highest BCUT2D eigenvalue weighted by Crippen LogP contribution is 2.35. The normalized spacial score (nSPS) is 15.7. The summed E-state index contributed by atoms with van der Waals surface area (Å²) in [4.78, 5) is 9.93. The molecule has 0 radical (unpaired) electrons. The molecule has 48 heavy (non-hydrogen) atoms. The number of fused-ring (bicyclic) bond motifs is 7. The van der Waals surface area contributed by atoms with Crippen LogP contribution in [0, 0.1) is 11.3 Å². The Bertz CT molecular complexity index is 2150. The molecule has 1 saturated heterocycles. The number of aromatic nitrogens is 7. The van der Waals surface area contributed by atoms with E-state index >= 15 is 0 Å². The Balaban J connectivity index is 1.18. The molecule has 0 aliphatic carbocycles. The Kier molecular flexibility index (Phi) is 7.87. The minimum absolute atomic E-state index is 0.0997. The zero-order valence-electron chi connectivity index (χ0n) is 26.3. The van der Waals surface area contributed by atoms with E-state index in [0.717, 1.165) is 82.0 Å². The van der Waals surface area contributed by atoms with Gasteiger partial charge in [0.2, 0.25) is 11.7 Å². The Morgan fingerprint density at radius 2 is 1.94 bits per heavy atom. The van der Waals surface area contributed by atoms with Crippen LogP contribution in [0.2, 0.25) is 0 Å². The first-order chi connectivity index (χ1) is 23.6. The lowest BCUT2D eigenvalue weighted by molar-refractivity contribution is -0.0589. The van der Waals surface area contributed by atoms with Crippen molar-refractivity contribution in [3.05, 3.63) is 94.8 Å². The molecule has 3 aromatic heterocycles. The number of rotatable bonds is 6. The van der Waals surface area contributed by atoms with Crippen LogP contribution in [0.1, 0.15) is 40.9 Å². The summed E-state index contributed by atoms with van der Waals surface area (Å²) in [6.45, 7) is 2.28. The van der Waals surface area contributed by atoms with Crippen LogP contribution < -0.4 is 14.2 Å². The molecule has 12 heteroatoms. The van der Waals surface area contributed by atoms with Crippen LogP contribution in [0.4, 0.5) is 0 Å². The van der Waals surface area contributed by atoms with Gasteiger partial charge in [0.15, 0.2) is 0 Å². The molecular weight excluding hydrogens is 608 g/mol. The fourth-order valence-corrected chi connectivity index (χ4v) is 6.27. The number of benzene rings is 3. The van der Waals surface area contributed by atoms with E-state index in [2.05, 4.69) is 43.4 Å². The van der Waals surface area contributed by atoms with Crippen molar-refractivity contribution in [1.82, 2.24) is 35.2 Å². The summed E-state index contributed by atoms with van der Waals surface area (Å²) in [5.74, 6) is 3.27. The maximum Gasteiger partial charge on any atom is 0.214 e. The number of nitrogens with zero attached hydrogens (tertiary/aromatic N) is 7. The number of aryl methyl sites for hydroxylation is 1. The maximum absolute atomic E-state index is 9.51. The van der Waals surface area contributed by atoms with Gasteiger partial charge in [-0.05, 0) is 72.0 Å². The van der Waals surface area contributed by atoms with E-state index in [1.54, 1.807) is 7.11 Å². The van der Waals surface area contributed by atoms with Gasteiger partial charge in [-0.25, -0.2) is 9.97 Å². The second kappa shape index (κ2) is 12.8. The summed E-state index contributed by atoms with van der Waals surface area (Å²) in [6.07, 6.45) is 3.11. The highest BCUT2D eigenvalue weighted by molar-refractivity contribution is 5.87. The predicted molar refractivity (Wildman–Crippen MR) is 176 cm³/mol. The van der Waals surface area contributed by atoms with Crippen molar-refractivity contribution in [2.75, 3.05) is 20.3 Å². The van der Waals surface area contributed by atoms with Gasteiger partial charge in [0.05, 0.1) is 49.2 Å². The van der Waals surface area contributed by atoms with Gasteiger partial charge >= 0.3 is 0 Å². The van der Waals surface area contributed by atoms with Crippen molar-refractivity contribution in [3.8, 4) is 46.1 Å². The molecule has 240 valence electrons. The lowest BCUT2D eigenvalue weighted by atomic mass is 10.0. The predicted octanol–water partition coefficient (Wildman–Crippen LogP) is 5.44. The van der Waals surface area contributed by atoms with Gasteiger partial charge in [-0.1, -0.05) is 24.3 Å². The molecule has 0 saturated carbocycles. The van der Waals surface area contributed by atoms with Crippen LogP contribution >= 0.6 is 0 Å². The first-order valence-electron chi connectivity index (χ1n) is 16.0. The molecule has 2 aliphatic rings. The molecule has 0 amide bonds. The molecule has 8 rings (SSSR count). The second-order valence-electron chi connectivity index (χ2n) is 11.9. The molecule has 2 aliphatic heterocycles. The summed E-state index contributed by atoms with van der Waals surface area (Å²) >= 11 is 0. The maximum atomic E-state index is 9.51. The molecule has 0 unspecified atom stereocenters. The highest BCUT2D eigenvalue weighted by Gasteiger charge is 2.25. The molecule has 1 fully saturated rings. The second-order valence-corrected chi connectivity index (χ2v) is 11.9. The average molecular weight is 641 g/mol. The number of nitrogens with one attached hydrogen (secondary N) is 1. The Labute approximate surface area is 276 Å². The van der Waals surface area contributed by atoms with Gasteiger partial charge in [0, 0.05) is 35.8 Å². The number of hydrogen-bond acceptors (Lipinski definition) is 10. The zero-order chi connectivity index (χ0) is 32.5. The van der Waals surface area contributed by atoms with Gasteiger partial charge in [-0.15, -0.1) is 10.2 Å². The van der Waals surface area contributed by atoms with Gasteiger partial charge < -0.3 is 23.5 Å². The van der Waals surface area contributed by atoms with Gasteiger partial charge in [-0.2, -0.15) is 10.5 Å². The van der Waals surface area contributed by atoms with E-state index in [1.165, 1.54) is 0 Å². The lowest BCUT2D eigenvalue weighted by Crippen LogP contribution is -2.31. The third-order valence-corrected chi connectivity index (χ3v) is 8.90. The largest absolute Gasteiger partial charge is 0.494 e. The first-order valence-corrected chi connectivity index (χ1v) is 16.0. The van der Waals surface area contributed by atoms with Crippen molar-refractivity contribution in [2.45, 2.75) is 44.9 Å². The van der Waals surface area contributed by atoms with E-state index < -0.39 is 0 Å². The van der Waals surface area contributed by atoms with Crippen LogP contribution in [0.5, 0.6) is 17.4 Å². The molecule has 6 aromatic rings. The van der Waals surface area contributed by atoms with Crippen LogP contribution in [-0.2, 0) is 30.7 Å². The summed E-state index contributed by atoms with van der Waals surface area (Å²) in [7, 11) is 1.64. The summed E-state index contributed by atoms with van der Waals surface area (Å²) in [5, 5.41) is 24.1. The fourth-order valence-electron chi connectivity index (χ4n) is 6.27. The number of tetrazole rings is 1. The molecular formula is C36H32N8O4. The van der Waals surface area contributed by atoms with E-state index in [0.29, 0.717) is 49.2 Å². The summed E-state index contributed by atoms with van der Waals surface area (Å²) in [5.41, 5.74) is 7.88. The number of methoxy groups -OCH3 is 1. The Morgan fingerprint density at radius 1 is 1.00 bits per heavy atom. The number of hydrogen-bond donors (Lipinski definition) is 1. The molecule has 5 heterocycles. The van der Waals surface area contributed by atoms with Gasteiger partial charge in [-0.3, -0.25) is 0 Å². The van der Waals surface area contributed by atoms with Crippen molar-refractivity contribution in [3.63, 3.8) is 0 Å². The molecule has 12 nitrogen and oxygen atoms in total. The highest BCUT2D eigenvalue weighted by atomic mass is 16.5. The minimum Gasteiger partial charge on any atom is -0.494 e. The smallest absolute Gasteiger partial charge is 0.214 e. The average Bonchev–Trinajstić information content (AvgIpc) is 3.76. The van der Waals surface area contributed by atoms with Gasteiger partial charge in [0.1, 0.15) is 29.4 Å². The topological polar surface area (TPSA) is 146 Å². The standard InChI is InChI=1S/C36H32N8O4/c1-45-32-17-27(36-40-42-43-41-36)15-30-35(32)39-33(44(30)20-28-11-13-46-28)18-25-10-9-24-16-31(25)47-12-3-4-23-14-22(19-37)7-8-26(23)21-48-34-6-2-5-29(24)38-34/h2,5-10,14-17,28H,3-4,11-13,18,20-21H2,1H3,(H,40,41,42,43)/t28-/m0/s1. The van der Waals surface area contributed by atoms with Crippen LogP contribution in [-0.4, -0.2) is 61.6 Å². The Morgan fingerprint density at radius 3 is 2.75 bits per heavy atom. The quantitative estimate of drug-likeness (QED) is 0.250. The molecule has 0 spiro atoms. The number of imidazole rings is 1. The lowest BCUT2D eigenvalue weighted by Gasteiger charge is -2.27. The molecule has 3 aromatic carbocycles. The first kappa shape index (κ1) is 29.6. The number of H-pyrrole nitrogens is 1. The molecule has 4 bridgehead atoms. The third-order valence-electron chi connectivity index (χ3n) is 8.90. The van der Waals surface area contributed by atoms with Crippen LogP contribution in [0.25, 0.3) is 33.7 Å². The molecule has 1 atom stereocenters. The van der Waals surface area contributed by atoms with E-state index in [9.17, 15) is 5.26 Å². The van der Waals surface area contributed by atoms with Crippen LogP contribution in [0.3, 0.4) is 0 Å². The number of pyridine rings is 1. The van der Waals surface area contributed by atoms with Crippen molar-refractivity contribution >= 4 is 11.0 Å². The van der Waals surface area contributed by atoms with Crippen molar-refractivity contribution < 1.29 is 18.9 Å². The fraction of sp³-hybridized carbons (Fsp3) is 0.278. The van der Waals surface area contributed by atoms with E-state index in [-0.39, 0.29) is 6.10 Å². The van der Waals surface area contributed by atoms with Crippen molar-refractivity contribution in [1.29, 1.82) is 5.26 Å². The van der Waals surface area contributed by atoms with Gasteiger partial charge in [0.25, 0.3) is 0 Å². The monoisotopic (exact) mass is 640 g/mol. The Hall–Kier alpha value is -5.80. The number of ether oxygens (including phenoxy) is 4. The summed E-state index contributed by atoms with van der Waals surface area (Å²) in [6, 6.07) is 23.9. The number of nitriles is 1. The third kappa shape index (κ3) is 5.80. The summed E-state index contributed by atoms with van der Waals surface area (Å²) < 4.78 is 26.6. The van der Waals surface area contributed by atoms with E-state index in [4.69, 9.17) is 28.9 Å². The SMILES string of the molecule is COc1cc(-c2nn[nH]n2)cc2c1nc(Cc1ccc3cc1OCCCc1cc(C#N)ccc1COc1cccc-3n1)n2C[C@@H]1CCO1. The van der Waals surface area contributed by atoms with Crippen molar-refractivity contribution in [2.24, 2.45) is 0 Å². The molecule has 1 N–H and O–H groups in total.